The summed E-state index contributed by atoms with van der Waals surface area (Å²) in [6.45, 7) is 3.41. The second kappa shape index (κ2) is 17.8. The minimum absolute atomic E-state index is 0.0123. The first kappa shape index (κ1) is 37.9. The van der Waals surface area contributed by atoms with E-state index in [9.17, 15) is 19.2 Å². The highest BCUT2D eigenvalue weighted by molar-refractivity contribution is 5.91. The van der Waals surface area contributed by atoms with Crippen LogP contribution < -0.4 is 16.0 Å². The van der Waals surface area contributed by atoms with Crippen LogP contribution in [0.2, 0.25) is 0 Å². The van der Waals surface area contributed by atoms with Crippen LogP contribution in [-0.4, -0.2) is 69.4 Å². The fourth-order valence-corrected chi connectivity index (χ4v) is 7.31. The third-order valence-electron chi connectivity index (χ3n) is 10.3. The molecule has 2 aliphatic heterocycles. The summed E-state index contributed by atoms with van der Waals surface area (Å²) in [5.41, 5.74) is 6.24. The van der Waals surface area contributed by atoms with E-state index in [1.54, 1.807) is 11.1 Å². The summed E-state index contributed by atoms with van der Waals surface area (Å²) in [4.78, 5) is 64.1. The summed E-state index contributed by atoms with van der Waals surface area (Å²) in [7, 11) is 0. The van der Waals surface area contributed by atoms with Crippen LogP contribution in [0.1, 0.15) is 68.1 Å². The van der Waals surface area contributed by atoms with E-state index in [0.717, 1.165) is 52.9 Å². The zero-order valence-electron chi connectivity index (χ0n) is 31.4. The largest absolute Gasteiger partial charge is 0.445 e. The number of aromatic amines is 1. The molecular formula is C44H47N7O5. The van der Waals surface area contributed by atoms with E-state index in [1.807, 2.05) is 109 Å². The number of ether oxygens (including phenoxy) is 1. The zero-order chi connectivity index (χ0) is 38.9. The molecule has 4 aromatic carbocycles. The van der Waals surface area contributed by atoms with Crippen molar-refractivity contribution in [1.82, 2.24) is 30.4 Å². The maximum atomic E-state index is 14.4. The van der Waals surface area contributed by atoms with Crippen LogP contribution in [0.4, 0.5) is 15.3 Å². The van der Waals surface area contributed by atoms with Gasteiger partial charge in [0.1, 0.15) is 18.5 Å². The highest BCUT2D eigenvalue weighted by atomic mass is 16.5. The maximum absolute atomic E-state index is 14.4. The summed E-state index contributed by atoms with van der Waals surface area (Å²) in [5, 5.41) is 8.80. The normalized spacial score (nSPS) is 16.9. The van der Waals surface area contributed by atoms with Crippen molar-refractivity contribution in [3.8, 4) is 22.4 Å². The molecule has 288 valence electrons. The van der Waals surface area contributed by atoms with Gasteiger partial charge in [0.2, 0.25) is 11.8 Å². The van der Waals surface area contributed by atoms with Crippen molar-refractivity contribution in [3.05, 3.63) is 132 Å². The molecule has 2 saturated heterocycles. The lowest BCUT2D eigenvalue weighted by molar-refractivity contribution is -0.134. The molecule has 0 aliphatic carbocycles. The smallest absolute Gasteiger partial charge is 0.407 e. The molecule has 4 N–H and O–H groups in total. The molecule has 12 heteroatoms. The maximum Gasteiger partial charge on any atom is 0.407 e. The Morgan fingerprint density at radius 2 is 1.52 bits per heavy atom. The average molecular weight is 754 g/mol. The Morgan fingerprint density at radius 1 is 0.839 bits per heavy atom. The zero-order valence-corrected chi connectivity index (χ0v) is 31.4. The Labute approximate surface area is 326 Å². The highest BCUT2D eigenvalue weighted by Crippen LogP contribution is 2.34. The summed E-state index contributed by atoms with van der Waals surface area (Å²) in [5.74, 6) is 0.503. The number of anilines is 1. The van der Waals surface area contributed by atoms with Crippen molar-refractivity contribution in [2.75, 3.05) is 25.0 Å². The van der Waals surface area contributed by atoms with Gasteiger partial charge in [0.05, 0.1) is 24.0 Å². The quantitative estimate of drug-likeness (QED) is 0.103. The van der Waals surface area contributed by atoms with Gasteiger partial charge in [0.25, 0.3) is 0 Å². The van der Waals surface area contributed by atoms with Crippen molar-refractivity contribution in [1.29, 1.82) is 0 Å². The van der Waals surface area contributed by atoms with Crippen LogP contribution in [-0.2, 0) is 20.9 Å². The average Bonchev–Trinajstić information content (AvgIpc) is 4.02. The van der Waals surface area contributed by atoms with E-state index >= 15 is 0 Å². The van der Waals surface area contributed by atoms with Crippen LogP contribution in [0.25, 0.3) is 22.4 Å². The van der Waals surface area contributed by atoms with Crippen molar-refractivity contribution in [3.63, 3.8) is 0 Å². The van der Waals surface area contributed by atoms with Crippen LogP contribution in [0, 0.1) is 0 Å². The number of hydrogen-bond donors (Lipinski definition) is 4. The molecule has 2 fully saturated rings. The van der Waals surface area contributed by atoms with Crippen LogP contribution in [0.5, 0.6) is 0 Å². The summed E-state index contributed by atoms with van der Waals surface area (Å²) in [6, 6.07) is 32.9. The molecular weight excluding hydrogens is 707 g/mol. The summed E-state index contributed by atoms with van der Waals surface area (Å²) in [6.07, 6.45) is 4.68. The standard InChI is InChI=1S/C44H47N7O5/c1-2-10-39(52)46-35-22-20-32(21-23-35)31-16-18-33(19-17-31)37-27-45-41(48-37)38-15-9-25-51(38)42(53)40(34-13-7-4-8-14-34)49-43(54)50-26-24-36(28-50)47-44(55)56-29-30-11-5-3-6-12-30/h3-8,11-14,16-23,27,36,38,40H,2,9-10,15,24-26,28-29H2,1H3,(H,45,48)(H,46,52)(H,47,55)(H,49,54)/t36-,38+,40-/m1/s1. The van der Waals surface area contributed by atoms with Gasteiger partial charge in [-0.2, -0.15) is 0 Å². The van der Waals surface area contributed by atoms with Gasteiger partial charge in [-0.1, -0.05) is 104 Å². The molecule has 3 atom stereocenters. The summed E-state index contributed by atoms with van der Waals surface area (Å²) >= 11 is 0. The monoisotopic (exact) mass is 753 g/mol. The molecule has 0 spiro atoms. The molecule has 0 bridgehead atoms. The van der Waals surface area contributed by atoms with Crippen LogP contribution >= 0.6 is 0 Å². The Morgan fingerprint density at radius 3 is 2.23 bits per heavy atom. The van der Waals surface area contributed by atoms with Gasteiger partial charge < -0.3 is 35.5 Å². The van der Waals surface area contributed by atoms with Crippen LogP contribution in [0.3, 0.4) is 0 Å². The number of likely N-dealkylation sites (tertiary alicyclic amines) is 2. The van der Waals surface area contributed by atoms with E-state index in [0.29, 0.717) is 43.9 Å². The van der Waals surface area contributed by atoms with Gasteiger partial charge in [-0.15, -0.1) is 0 Å². The molecule has 5 aromatic rings. The fraction of sp³-hybridized carbons (Fsp3) is 0.295. The first-order valence-corrected chi connectivity index (χ1v) is 19.3. The lowest BCUT2D eigenvalue weighted by Crippen LogP contribution is -2.48. The topological polar surface area (TPSA) is 149 Å². The number of benzene rings is 4. The molecule has 2 aliphatic rings. The second-order valence-corrected chi connectivity index (χ2v) is 14.3. The van der Waals surface area contributed by atoms with E-state index in [2.05, 4.69) is 33.1 Å². The lowest BCUT2D eigenvalue weighted by atomic mass is 10.0. The fourth-order valence-electron chi connectivity index (χ4n) is 7.31. The molecule has 12 nitrogen and oxygen atoms in total. The minimum atomic E-state index is -0.907. The van der Waals surface area contributed by atoms with Crippen molar-refractivity contribution >= 4 is 29.6 Å². The first-order chi connectivity index (χ1) is 27.3. The number of nitrogens with one attached hydrogen (secondary N) is 4. The number of urea groups is 1. The molecule has 5 amide bonds. The molecule has 0 saturated carbocycles. The number of aromatic nitrogens is 2. The SMILES string of the molecule is CCCC(=O)Nc1ccc(-c2ccc(-c3cnc([C@@H]4CCCN4C(=O)[C@H](NC(=O)N4CC[C@@H](NC(=O)OCc5ccccc5)C4)c4ccccc4)[nH]3)cc2)cc1. The van der Waals surface area contributed by atoms with Crippen LogP contribution in [0.15, 0.2) is 115 Å². The second-order valence-electron chi connectivity index (χ2n) is 14.3. The molecule has 1 aromatic heterocycles. The van der Waals surface area contributed by atoms with E-state index in [4.69, 9.17) is 9.72 Å². The van der Waals surface area contributed by atoms with Gasteiger partial charge in [-0.25, -0.2) is 14.6 Å². The Kier molecular flexibility index (Phi) is 12.0. The van der Waals surface area contributed by atoms with Gasteiger partial charge in [-0.3, -0.25) is 9.59 Å². The van der Waals surface area contributed by atoms with E-state index < -0.39 is 12.1 Å². The number of amides is 5. The number of hydrogen-bond acceptors (Lipinski definition) is 6. The number of carbonyl (C=O) groups excluding carboxylic acids is 4. The number of rotatable bonds is 12. The third kappa shape index (κ3) is 9.26. The van der Waals surface area contributed by atoms with Gasteiger partial charge in [0, 0.05) is 31.7 Å². The highest BCUT2D eigenvalue weighted by Gasteiger charge is 2.38. The number of H-pyrrole nitrogens is 1. The van der Waals surface area contributed by atoms with E-state index in [1.165, 1.54) is 0 Å². The Bertz CT molecular complexity index is 2110. The van der Waals surface area contributed by atoms with Gasteiger partial charge in [-0.05, 0) is 65.6 Å². The van der Waals surface area contributed by atoms with Gasteiger partial charge >= 0.3 is 12.1 Å². The molecule has 3 heterocycles. The summed E-state index contributed by atoms with van der Waals surface area (Å²) < 4.78 is 5.37. The third-order valence-corrected chi connectivity index (χ3v) is 10.3. The first-order valence-electron chi connectivity index (χ1n) is 19.3. The predicted molar refractivity (Wildman–Crippen MR) is 214 cm³/mol. The molecule has 7 rings (SSSR count). The number of nitrogens with zero attached hydrogens (tertiary/aromatic N) is 3. The molecule has 0 unspecified atom stereocenters. The van der Waals surface area contributed by atoms with Crippen molar-refractivity contribution < 1.29 is 23.9 Å². The lowest BCUT2D eigenvalue weighted by Gasteiger charge is -2.30. The number of imidazole rings is 1. The van der Waals surface area contributed by atoms with Crippen molar-refractivity contribution in [2.24, 2.45) is 0 Å². The Balaban J connectivity index is 0.980. The van der Waals surface area contributed by atoms with E-state index in [-0.39, 0.29) is 36.5 Å². The minimum Gasteiger partial charge on any atom is -0.445 e. The Hall–Kier alpha value is -6.43. The van der Waals surface area contributed by atoms with Crippen molar-refractivity contribution in [2.45, 2.75) is 63.8 Å². The molecule has 56 heavy (non-hydrogen) atoms. The number of carbonyl (C=O) groups is 4. The number of alkyl carbamates (subject to hydrolysis) is 1. The predicted octanol–water partition coefficient (Wildman–Crippen LogP) is 7.60. The molecule has 0 radical (unpaired) electrons. The van der Waals surface area contributed by atoms with Gasteiger partial charge in [0.15, 0.2) is 0 Å².